The summed E-state index contributed by atoms with van der Waals surface area (Å²) in [5.41, 5.74) is 2.91. The monoisotopic (exact) mass is 373 g/mol. The number of amides is 1. The van der Waals surface area contributed by atoms with Crippen molar-refractivity contribution in [2.45, 2.75) is 6.04 Å². The van der Waals surface area contributed by atoms with E-state index in [2.05, 4.69) is 5.32 Å². The zero-order valence-corrected chi connectivity index (χ0v) is 16.0. The Morgan fingerprint density at radius 3 is 1.75 bits per heavy atom. The topological polar surface area (TPSA) is 47.6 Å². The van der Waals surface area contributed by atoms with Crippen molar-refractivity contribution in [1.29, 1.82) is 0 Å². The molecule has 3 aromatic rings. The van der Waals surface area contributed by atoms with Crippen LogP contribution in [0.15, 0.2) is 84.9 Å². The summed E-state index contributed by atoms with van der Waals surface area (Å²) in [5.74, 6) is 1.38. The number of nitrogens with one attached hydrogen (secondary N) is 1. The van der Waals surface area contributed by atoms with Crippen molar-refractivity contribution in [3.63, 3.8) is 0 Å². The zero-order chi connectivity index (χ0) is 19.8. The first-order valence-corrected chi connectivity index (χ1v) is 9.01. The standard InChI is InChI=1S/C24H23NO3/c1-27-21-13-9-19(10-14-21)24(20-11-15-22(28-2)16-12-20)25-23(26)17-8-18-6-4-3-5-7-18/h3-17,24H,1-2H3,(H,25,26)/b17-8-. The fourth-order valence-corrected chi connectivity index (χ4v) is 2.88. The predicted octanol–water partition coefficient (Wildman–Crippen LogP) is 4.62. The molecule has 0 heterocycles. The van der Waals surface area contributed by atoms with Crippen LogP contribution in [0.1, 0.15) is 22.7 Å². The maximum absolute atomic E-state index is 12.6. The number of ether oxygens (including phenoxy) is 2. The molecule has 0 aliphatic heterocycles. The van der Waals surface area contributed by atoms with E-state index in [1.807, 2.05) is 78.9 Å². The Bertz CT molecular complexity index is 869. The van der Waals surface area contributed by atoms with E-state index in [1.165, 1.54) is 0 Å². The van der Waals surface area contributed by atoms with Gasteiger partial charge in [0, 0.05) is 6.08 Å². The Morgan fingerprint density at radius 2 is 1.29 bits per heavy atom. The van der Waals surface area contributed by atoms with Gasteiger partial charge < -0.3 is 14.8 Å². The first-order chi connectivity index (χ1) is 13.7. The molecule has 0 saturated carbocycles. The Kier molecular flexibility index (Phi) is 6.47. The number of rotatable bonds is 7. The molecule has 28 heavy (non-hydrogen) atoms. The maximum Gasteiger partial charge on any atom is 0.244 e. The summed E-state index contributed by atoms with van der Waals surface area (Å²) in [6.07, 6.45) is 3.35. The molecule has 4 heteroatoms. The van der Waals surface area contributed by atoms with Crippen molar-refractivity contribution >= 4 is 12.0 Å². The predicted molar refractivity (Wildman–Crippen MR) is 111 cm³/mol. The maximum atomic E-state index is 12.6. The van der Waals surface area contributed by atoms with E-state index in [1.54, 1.807) is 26.4 Å². The highest BCUT2D eigenvalue weighted by Gasteiger charge is 2.16. The van der Waals surface area contributed by atoms with E-state index < -0.39 is 0 Å². The van der Waals surface area contributed by atoms with Crippen molar-refractivity contribution in [3.8, 4) is 11.5 Å². The van der Waals surface area contributed by atoms with Gasteiger partial charge in [-0.25, -0.2) is 0 Å². The van der Waals surface area contributed by atoms with Crippen LogP contribution in [0.25, 0.3) is 6.08 Å². The fraction of sp³-hybridized carbons (Fsp3) is 0.125. The number of hydrogen-bond acceptors (Lipinski definition) is 3. The van der Waals surface area contributed by atoms with E-state index in [4.69, 9.17) is 9.47 Å². The molecule has 0 aromatic heterocycles. The average Bonchev–Trinajstić information content (AvgIpc) is 2.77. The van der Waals surface area contributed by atoms with Gasteiger partial charge in [0.15, 0.2) is 0 Å². The number of hydrogen-bond donors (Lipinski definition) is 1. The van der Waals surface area contributed by atoms with Gasteiger partial charge in [0.2, 0.25) is 5.91 Å². The Morgan fingerprint density at radius 1 is 0.786 bits per heavy atom. The first kappa shape index (κ1) is 19.2. The van der Waals surface area contributed by atoms with Crippen LogP contribution in [0.3, 0.4) is 0 Å². The van der Waals surface area contributed by atoms with Crippen LogP contribution in [0, 0.1) is 0 Å². The van der Waals surface area contributed by atoms with Gasteiger partial charge >= 0.3 is 0 Å². The molecule has 0 aliphatic carbocycles. The smallest absolute Gasteiger partial charge is 0.244 e. The highest BCUT2D eigenvalue weighted by Crippen LogP contribution is 2.26. The SMILES string of the molecule is COc1ccc(C(NC(=O)/C=C\c2ccccc2)c2ccc(OC)cc2)cc1. The van der Waals surface area contributed by atoms with Gasteiger partial charge in [0.1, 0.15) is 11.5 Å². The van der Waals surface area contributed by atoms with Crippen LogP contribution in [0.4, 0.5) is 0 Å². The van der Waals surface area contributed by atoms with Gasteiger partial charge in [-0.1, -0.05) is 54.6 Å². The molecule has 1 amide bonds. The summed E-state index contributed by atoms with van der Waals surface area (Å²) in [6.45, 7) is 0. The molecular weight excluding hydrogens is 350 g/mol. The highest BCUT2D eigenvalue weighted by molar-refractivity contribution is 5.92. The van der Waals surface area contributed by atoms with Crippen LogP contribution in [-0.2, 0) is 4.79 Å². The van der Waals surface area contributed by atoms with E-state index in [-0.39, 0.29) is 11.9 Å². The molecule has 0 fully saturated rings. The van der Waals surface area contributed by atoms with Crippen molar-refractivity contribution in [3.05, 3.63) is 102 Å². The molecule has 0 spiro atoms. The number of carbonyl (C=O) groups excluding carboxylic acids is 1. The molecule has 0 atom stereocenters. The number of carbonyl (C=O) groups is 1. The molecule has 3 aromatic carbocycles. The van der Waals surface area contributed by atoms with Gasteiger partial charge in [-0.2, -0.15) is 0 Å². The largest absolute Gasteiger partial charge is 0.497 e. The molecule has 1 N–H and O–H groups in total. The second-order valence-electron chi connectivity index (χ2n) is 6.23. The number of methoxy groups -OCH3 is 2. The molecule has 0 aliphatic rings. The van der Waals surface area contributed by atoms with Crippen LogP contribution >= 0.6 is 0 Å². The normalized spacial score (nSPS) is 10.8. The summed E-state index contributed by atoms with van der Waals surface area (Å²) in [5, 5.41) is 3.09. The lowest BCUT2D eigenvalue weighted by Gasteiger charge is -2.20. The molecule has 0 saturated heterocycles. The van der Waals surface area contributed by atoms with E-state index in [0.29, 0.717) is 0 Å². The van der Waals surface area contributed by atoms with Gasteiger partial charge in [-0.05, 0) is 47.0 Å². The molecule has 0 unspecified atom stereocenters. The van der Waals surface area contributed by atoms with Gasteiger partial charge in [-0.15, -0.1) is 0 Å². The van der Waals surface area contributed by atoms with Crippen molar-refractivity contribution in [2.24, 2.45) is 0 Å². The van der Waals surface area contributed by atoms with Gasteiger partial charge in [0.05, 0.1) is 20.3 Å². The minimum atomic E-state index is -0.287. The molecule has 4 nitrogen and oxygen atoms in total. The number of benzene rings is 3. The second kappa shape index (κ2) is 9.42. The van der Waals surface area contributed by atoms with Crippen LogP contribution in [0.2, 0.25) is 0 Å². The highest BCUT2D eigenvalue weighted by atomic mass is 16.5. The Labute approximate surface area is 165 Å². The minimum Gasteiger partial charge on any atom is -0.497 e. The average molecular weight is 373 g/mol. The third-order valence-corrected chi connectivity index (χ3v) is 4.41. The summed E-state index contributed by atoms with van der Waals surface area (Å²) in [6, 6.07) is 24.8. The summed E-state index contributed by atoms with van der Waals surface area (Å²) < 4.78 is 10.5. The molecular formula is C24H23NO3. The van der Waals surface area contributed by atoms with Crippen LogP contribution < -0.4 is 14.8 Å². The van der Waals surface area contributed by atoms with Crippen LogP contribution in [0.5, 0.6) is 11.5 Å². The second-order valence-corrected chi connectivity index (χ2v) is 6.23. The van der Waals surface area contributed by atoms with Crippen LogP contribution in [-0.4, -0.2) is 20.1 Å². The van der Waals surface area contributed by atoms with Crippen molar-refractivity contribution in [2.75, 3.05) is 14.2 Å². The quantitative estimate of drug-likeness (QED) is 0.615. The molecule has 0 radical (unpaired) electrons. The Balaban J connectivity index is 1.84. The lowest BCUT2D eigenvalue weighted by atomic mass is 9.98. The van der Waals surface area contributed by atoms with E-state index in [9.17, 15) is 4.79 Å². The summed E-state index contributed by atoms with van der Waals surface area (Å²) >= 11 is 0. The summed E-state index contributed by atoms with van der Waals surface area (Å²) in [4.78, 5) is 12.6. The molecule has 142 valence electrons. The third-order valence-electron chi connectivity index (χ3n) is 4.41. The molecule has 3 rings (SSSR count). The fourth-order valence-electron chi connectivity index (χ4n) is 2.88. The lowest BCUT2D eigenvalue weighted by Crippen LogP contribution is -2.27. The molecule has 0 bridgehead atoms. The third kappa shape index (κ3) is 5.01. The van der Waals surface area contributed by atoms with Gasteiger partial charge in [0.25, 0.3) is 0 Å². The van der Waals surface area contributed by atoms with E-state index in [0.717, 1.165) is 28.2 Å². The van der Waals surface area contributed by atoms with Crippen molar-refractivity contribution < 1.29 is 14.3 Å². The van der Waals surface area contributed by atoms with E-state index >= 15 is 0 Å². The summed E-state index contributed by atoms with van der Waals surface area (Å²) in [7, 11) is 3.26. The lowest BCUT2D eigenvalue weighted by molar-refractivity contribution is -0.116. The van der Waals surface area contributed by atoms with Crippen molar-refractivity contribution in [1.82, 2.24) is 5.32 Å². The minimum absolute atomic E-state index is 0.166. The first-order valence-electron chi connectivity index (χ1n) is 9.01. The zero-order valence-electron chi connectivity index (χ0n) is 16.0. The van der Waals surface area contributed by atoms with Gasteiger partial charge in [-0.3, -0.25) is 4.79 Å². The Hall–Kier alpha value is -3.53.